The van der Waals surface area contributed by atoms with Crippen LogP contribution in [0.3, 0.4) is 0 Å². The number of halogens is 1. The standard InChI is InChI=1S/C17H17FN4O2S/c1-3-13-11-22(21-19-13)14-6-9-17(16(18)10-14)20-25(23,24)15-7-4-12(2)5-8-15/h4-11,20H,3H2,1-2H3. The molecule has 8 heteroatoms. The molecule has 2 aromatic carbocycles. The second-order valence-corrected chi connectivity index (χ2v) is 7.27. The van der Waals surface area contributed by atoms with Crippen LogP contribution in [-0.4, -0.2) is 23.4 Å². The normalized spacial score (nSPS) is 11.5. The van der Waals surface area contributed by atoms with Crippen LogP contribution in [0.4, 0.5) is 10.1 Å². The summed E-state index contributed by atoms with van der Waals surface area (Å²) < 4.78 is 42.8. The van der Waals surface area contributed by atoms with Crippen LogP contribution in [0.15, 0.2) is 53.6 Å². The predicted molar refractivity (Wildman–Crippen MR) is 92.7 cm³/mol. The first-order chi connectivity index (χ1) is 11.9. The van der Waals surface area contributed by atoms with Gasteiger partial charge in [-0.1, -0.05) is 29.8 Å². The van der Waals surface area contributed by atoms with Gasteiger partial charge in [-0.3, -0.25) is 4.72 Å². The highest BCUT2D eigenvalue weighted by atomic mass is 32.2. The second-order valence-electron chi connectivity index (χ2n) is 5.59. The molecule has 3 rings (SSSR count). The van der Waals surface area contributed by atoms with Crippen molar-refractivity contribution in [1.82, 2.24) is 15.0 Å². The molecule has 0 atom stereocenters. The maximum Gasteiger partial charge on any atom is 0.261 e. The minimum Gasteiger partial charge on any atom is -0.277 e. The maximum atomic E-state index is 14.3. The highest BCUT2D eigenvalue weighted by Crippen LogP contribution is 2.22. The lowest BCUT2D eigenvalue weighted by Crippen LogP contribution is -2.14. The van der Waals surface area contributed by atoms with Gasteiger partial charge >= 0.3 is 0 Å². The molecular formula is C17H17FN4O2S. The molecule has 0 aliphatic carbocycles. The van der Waals surface area contributed by atoms with Gasteiger partial charge in [-0.2, -0.15) is 0 Å². The number of nitrogens with one attached hydrogen (secondary N) is 1. The van der Waals surface area contributed by atoms with Crippen LogP contribution in [0.5, 0.6) is 0 Å². The van der Waals surface area contributed by atoms with Crippen LogP contribution in [-0.2, 0) is 16.4 Å². The Morgan fingerprint density at radius 3 is 2.48 bits per heavy atom. The van der Waals surface area contributed by atoms with Crippen molar-refractivity contribution in [3.05, 3.63) is 65.7 Å². The Bertz CT molecular complexity index is 998. The first kappa shape index (κ1) is 17.1. The smallest absolute Gasteiger partial charge is 0.261 e. The quantitative estimate of drug-likeness (QED) is 0.759. The number of aromatic nitrogens is 3. The molecule has 0 bridgehead atoms. The van der Waals surface area contributed by atoms with Gasteiger partial charge in [0, 0.05) is 6.07 Å². The molecule has 0 spiro atoms. The summed E-state index contributed by atoms with van der Waals surface area (Å²) in [5, 5.41) is 7.87. The molecule has 0 aliphatic heterocycles. The van der Waals surface area contributed by atoms with E-state index in [1.165, 1.54) is 28.9 Å². The zero-order chi connectivity index (χ0) is 18.0. The minimum atomic E-state index is -3.85. The van der Waals surface area contributed by atoms with Crippen molar-refractivity contribution in [3.63, 3.8) is 0 Å². The molecule has 6 nitrogen and oxygen atoms in total. The Morgan fingerprint density at radius 2 is 1.88 bits per heavy atom. The molecule has 130 valence electrons. The maximum absolute atomic E-state index is 14.3. The van der Waals surface area contributed by atoms with Crippen molar-refractivity contribution < 1.29 is 12.8 Å². The Hall–Kier alpha value is -2.74. The van der Waals surface area contributed by atoms with Crippen molar-refractivity contribution in [2.75, 3.05) is 4.72 Å². The fraction of sp³-hybridized carbons (Fsp3) is 0.176. The van der Waals surface area contributed by atoms with Gasteiger partial charge in [-0.05, 0) is 37.6 Å². The fourth-order valence-corrected chi connectivity index (χ4v) is 3.30. The van der Waals surface area contributed by atoms with E-state index in [0.29, 0.717) is 5.69 Å². The summed E-state index contributed by atoms with van der Waals surface area (Å²) in [6.07, 6.45) is 2.42. The summed E-state index contributed by atoms with van der Waals surface area (Å²) >= 11 is 0. The van der Waals surface area contributed by atoms with Crippen LogP contribution >= 0.6 is 0 Å². The van der Waals surface area contributed by atoms with E-state index in [2.05, 4.69) is 15.0 Å². The first-order valence-electron chi connectivity index (χ1n) is 7.69. The number of aryl methyl sites for hydroxylation is 2. The Morgan fingerprint density at radius 1 is 1.16 bits per heavy atom. The molecule has 0 saturated heterocycles. The van der Waals surface area contributed by atoms with Crippen molar-refractivity contribution in [1.29, 1.82) is 0 Å². The highest BCUT2D eigenvalue weighted by molar-refractivity contribution is 7.92. The van der Waals surface area contributed by atoms with E-state index in [4.69, 9.17) is 0 Å². The van der Waals surface area contributed by atoms with Crippen LogP contribution in [0, 0.1) is 12.7 Å². The number of anilines is 1. The van der Waals surface area contributed by atoms with Gasteiger partial charge in [0.05, 0.1) is 28.2 Å². The first-order valence-corrected chi connectivity index (χ1v) is 9.18. The number of hydrogen-bond donors (Lipinski definition) is 1. The molecule has 1 aromatic heterocycles. The zero-order valence-electron chi connectivity index (χ0n) is 13.8. The highest BCUT2D eigenvalue weighted by Gasteiger charge is 2.16. The lowest BCUT2D eigenvalue weighted by Gasteiger charge is -2.10. The summed E-state index contributed by atoms with van der Waals surface area (Å²) in [6, 6.07) is 10.5. The van der Waals surface area contributed by atoms with Crippen LogP contribution < -0.4 is 4.72 Å². The van der Waals surface area contributed by atoms with Crippen molar-refractivity contribution >= 4 is 15.7 Å². The van der Waals surface area contributed by atoms with Gasteiger partial charge in [0.2, 0.25) is 0 Å². The minimum absolute atomic E-state index is 0.0745. The van der Waals surface area contributed by atoms with Gasteiger partial charge in [0.25, 0.3) is 10.0 Å². The molecule has 0 amide bonds. The number of sulfonamides is 1. The topological polar surface area (TPSA) is 76.9 Å². The van der Waals surface area contributed by atoms with E-state index in [1.807, 2.05) is 13.8 Å². The Balaban J connectivity index is 1.87. The van der Waals surface area contributed by atoms with Gasteiger partial charge < -0.3 is 0 Å². The number of hydrogen-bond acceptors (Lipinski definition) is 4. The molecule has 25 heavy (non-hydrogen) atoms. The molecule has 0 fully saturated rings. The third-order valence-electron chi connectivity index (χ3n) is 3.70. The molecule has 0 saturated carbocycles. The molecule has 3 aromatic rings. The molecular weight excluding hydrogens is 343 g/mol. The van der Waals surface area contributed by atoms with E-state index in [-0.39, 0.29) is 10.6 Å². The van der Waals surface area contributed by atoms with Crippen LogP contribution in [0.1, 0.15) is 18.2 Å². The number of nitrogens with zero attached hydrogens (tertiary/aromatic N) is 3. The van der Waals surface area contributed by atoms with Gasteiger partial charge in [-0.15, -0.1) is 5.10 Å². The van der Waals surface area contributed by atoms with Crippen molar-refractivity contribution in [2.24, 2.45) is 0 Å². The second kappa shape index (κ2) is 6.64. The lowest BCUT2D eigenvalue weighted by molar-refractivity contribution is 0.598. The van der Waals surface area contributed by atoms with E-state index >= 15 is 0 Å². The number of rotatable bonds is 5. The van der Waals surface area contributed by atoms with Gasteiger partial charge in [0.1, 0.15) is 5.82 Å². The molecule has 1 heterocycles. The molecule has 0 unspecified atom stereocenters. The molecule has 0 radical (unpaired) electrons. The Labute approximate surface area is 145 Å². The van der Waals surface area contributed by atoms with Crippen LogP contribution in [0.2, 0.25) is 0 Å². The predicted octanol–water partition coefficient (Wildman–Crippen LogP) is 3.08. The Kier molecular flexibility index (Phi) is 4.54. The van der Waals surface area contributed by atoms with E-state index < -0.39 is 15.8 Å². The van der Waals surface area contributed by atoms with E-state index in [1.54, 1.807) is 24.4 Å². The van der Waals surface area contributed by atoms with Crippen molar-refractivity contribution in [2.45, 2.75) is 25.2 Å². The molecule has 1 N–H and O–H groups in total. The monoisotopic (exact) mass is 360 g/mol. The average Bonchev–Trinajstić information content (AvgIpc) is 3.06. The zero-order valence-corrected chi connectivity index (χ0v) is 14.6. The fourth-order valence-electron chi connectivity index (χ4n) is 2.24. The van der Waals surface area contributed by atoms with Crippen LogP contribution in [0.25, 0.3) is 5.69 Å². The summed E-state index contributed by atoms with van der Waals surface area (Å²) in [5.41, 5.74) is 2.06. The summed E-state index contributed by atoms with van der Waals surface area (Å²) in [6.45, 7) is 3.80. The summed E-state index contributed by atoms with van der Waals surface area (Å²) in [5.74, 6) is -0.693. The third kappa shape index (κ3) is 3.69. The van der Waals surface area contributed by atoms with Gasteiger partial charge in [-0.25, -0.2) is 17.5 Å². The van der Waals surface area contributed by atoms with E-state index in [9.17, 15) is 12.8 Å². The SMILES string of the molecule is CCc1cn(-c2ccc(NS(=O)(=O)c3ccc(C)cc3)c(F)c2)nn1. The van der Waals surface area contributed by atoms with Gasteiger partial charge in [0.15, 0.2) is 0 Å². The summed E-state index contributed by atoms with van der Waals surface area (Å²) in [7, 11) is -3.85. The lowest BCUT2D eigenvalue weighted by atomic mass is 10.2. The number of benzene rings is 2. The van der Waals surface area contributed by atoms with Crippen molar-refractivity contribution in [3.8, 4) is 5.69 Å². The third-order valence-corrected chi connectivity index (χ3v) is 5.08. The largest absolute Gasteiger partial charge is 0.277 e. The summed E-state index contributed by atoms with van der Waals surface area (Å²) in [4.78, 5) is 0.0745. The average molecular weight is 360 g/mol. The molecule has 0 aliphatic rings. The van der Waals surface area contributed by atoms with E-state index in [0.717, 1.165) is 17.7 Å².